The van der Waals surface area contributed by atoms with Crippen LogP contribution in [0.5, 0.6) is 0 Å². The molecule has 0 saturated heterocycles. The lowest BCUT2D eigenvalue weighted by molar-refractivity contribution is 0.0927. The molecule has 2 N–H and O–H groups in total. The van der Waals surface area contributed by atoms with E-state index >= 15 is 0 Å². The molecule has 0 spiro atoms. The fourth-order valence-corrected chi connectivity index (χ4v) is 2.05. The van der Waals surface area contributed by atoms with Crippen LogP contribution in [-0.4, -0.2) is 23.7 Å². The molecular formula is C10H15NO2S. The number of aliphatic hydroxyl groups is 1. The Morgan fingerprint density at radius 1 is 1.71 bits per heavy atom. The van der Waals surface area contributed by atoms with E-state index in [0.29, 0.717) is 6.54 Å². The van der Waals surface area contributed by atoms with Crippen LogP contribution in [0.3, 0.4) is 0 Å². The van der Waals surface area contributed by atoms with E-state index in [1.165, 1.54) is 11.3 Å². The minimum absolute atomic E-state index is 0.0854. The first-order valence-corrected chi connectivity index (χ1v) is 5.55. The van der Waals surface area contributed by atoms with Crippen molar-refractivity contribution in [1.82, 2.24) is 5.32 Å². The highest BCUT2D eigenvalue weighted by Gasteiger charge is 2.11. The molecule has 0 fully saturated rings. The quantitative estimate of drug-likeness (QED) is 0.794. The van der Waals surface area contributed by atoms with Gasteiger partial charge in [-0.15, -0.1) is 11.3 Å². The Bertz CT molecular complexity index is 307. The van der Waals surface area contributed by atoms with Crippen LogP contribution in [0.25, 0.3) is 0 Å². The summed E-state index contributed by atoms with van der Waals surface area (Å²) in [4.78, 5) is 12.3. The highest BCUT2D eigenvalue weighted by Crippen LogP contribution is 2.16. The van der Waals surface area contributed by atoms with Gasteiger partial charge in [-0.1, -0.05) is 6.92 Å². The fraction of sp³-hybridized carbons (Fsp3) is 0.500. The predicted octanol–water partition coefficient (Wildman–Crippen LogP) is 1.42. The van der Waals surface area contributed by atoms with Crippen molar-refractivity contribution in [3.05, 3.63) is 21.9 Å². The topological polar surface area (TPSA) is 49.3 Å². The van der Waals surface area contributed by atoms with Gasteiger partial charge < -0.3 is 10.4 Å². The Morgan fingerprint density at radius 2 is 2.43 bits per heavy atom. The average Bonchev–Trinajstić information content (AvgIpc) is 2.61. The van der Waals surface area contributed by atoms with Crippen molar-refractivity contribution in [3.8, 4) is 0 Å². The Balaban J connectivity index is 2.60. The summed E-state index contributed by atoms with van der Waals surface area (Å²) < 4.78 is 0. The van der Waals surface area contributed by atoms with Gasteiger partial charge in [-0.3, -0.25) is 4.79 Å². The zero-order valence-electron chi connectivity index (χ0n) is 8.41. The first kappa shape index (κ1) is 11.2. The average molecular weight is 213 g/mol. The molecule has 1 atom stereocenters. The molecule has 14 heavy (non-hydrogen) atoms. The third-order valence-corrected chi connectivity index (χ3v) is 2.85. The lowest BCUT2D eigenvalue weighted by atomic mass is 10.2. The third kappa shape index (κ3) is 2.82. The highest BCUT2D eigenvalue weighted by molar-refractivity contribution is 7.12. The van der Waals surface area contributed by atoms with Gasteiger partial charge >= 0.3 is 0 Å². The summed E-state index contributed by atoms with van der Waals surface area (Å²) in [7, 11) is 0. The zero-order valence-corrected chi connectivity index (χ0v) is 9.23. The molecule has 4 heteroatoms. The van der Waals surface area contributed by atoms with E-state index in [1.807, 2.05) is 18.4 Å². The van der Waals surface area contributed by atoms with Crippen molar-refractivity contribution in [2.75, 3.05) is 6.54 Å². The molecule has 1 aromatic rings. The minimum atomic E-state index is -0.496. The third-order valence-electron chi connectivity index (χ3n) is 1.89. The second-order valence-corrected chi connectivity index (χ2v) is 4.10. The van der Waals surface area contributed by atoms with Crippen LogP contribution in [0, 0.1) is 0 Å². The molecule has 78 valence electrons. The predicted molar refractivity (Wildman–Crippen MR) is 57.7 cm³/mol. The molecule has 1 rings (SSSR count). The number of carbonyl (C=O) groups is 1. The van der Waals surface area contributed by atoms with Gasteiger partial charge in [-0.2, -0.15) is 0 Å². The molecule has 1 aromatic heterocycles. The molecular weight excluding hydrogens is 198 g/mol. The van der Waals surface area contributed by atoms with Gasteiger partial charge in [0.1, 0.15) is 0 Å². The molecule has 0 bridgehead atoms. The van der Waals surface area contributed by atoms with Gasteiger partial charge in [0.15, 0.2) is 0 Å². The summed E-state index contributed by atoms with van der Waals surface area (Å²) in [6.45, 7) is 3.98. The lowest BCUT2D eigenvalue weighted by Gasteiger charge is -2.06. The zero-order chi connectivity index (χ0) is 10.6. The molecule has 0 aliphatic carbocycles. The number of hydrogen-bond donors (Lipinski definition) is 2. The van der Waals surface area contributed by atoms with Crippen LogP contribution in [0.2, 0.25) is 0 Å². The summed E-state index contributed by atoms with van der Waals surface area (Å²) in [6, 6.07) is 1.96. The number of carbonyl (C=O) groups excluding carboxylic acids is 1. The van der Waals surface area contributed by atoms with E-state index in [-0.39, 0.29) is 5.91 Å². The standard InChI is InChI=1S/C10H15NO2S/c1-3-8-4-5-14-9(8)10(13)11-6-7(2)12/h4-5,7,12H,3,6H2,1-2H3,(H,11,13)/t7-/m1/s1. The molecule has 0 radical (unpaired) electrons. The second kappa shape index (κ2) is 5.12. The van der Waals surface area contributed by atoms with Crippen molar-refractivity contribution < 1.29 is 9.90 Å². The Labute approximate surface area is 87.8 Å². The van der Waals surface area contributed by atoms with Gasteiger partial charge in [0.05, 0.1) is 11.0 Å². The van der Waals surface area contributed by atoms with Crippen LogP contribution in [0.1, 0.15) is 29.1 Å². The normalized spacial score (nSPS) is 12.5. The van der Waals surface area contributed by atoms with E-state index in [9.17, 15) is 4.79 Å². The molecule has 1 amide bonds. The maximum Gasteiger partial charge on any atom is 0.261 e. The summed E-state index contributed by atoms with van der Waals surface area (Å²) in [6.07, 6.45) is 0.366. The van der Waals surface area contributed by atoms with Gasteiger partial charge in [-0.05, 0) is 30.4 Å². The number of rotatable bonds is 4. The number of thiophene rings is 1. The van der Waals surface area contributed by atoms with Crippen molar-refractivity contribution in [2.45, 2.75) is 26.4 Å². The van der Waals surface area contributed by atoms with Crippen molar-refractivity contribution in [3.63, 3.8) is 0 Å². The van der Waals surface area contributed by atoms with Crippen LogP contribution in [0.15, 0.2) is 11.4 Å². The minimum Gasteiger partial charge on any atom is -0.392 e. The van der Waals surface area contributed by atoms with Crippen molar-refractivity contribution >= 4 is 17.2 Å². The monoisotopic (exact) mass is 213 g/mol. The van der Waals surface area contributed by atoms with Gasteiger partial charge in [-0.25, -0.2) is 0 Å². The summed E-state index contributed by atoms with van der Waals surface area (Å²) in [5.74, 6) is -0.0854. The number of aliphatic hydroxyl groups excluding tert-OH is 1. The number of nitrogens with one attached hydrogen (secondary N) is 1. The lowest BCUT2D eigenvalue weighted by Crippen LogP contribution is -2.30. The molecule has 1 heterocycles. The Morgan fingerprint density at radius 3 is 3.00 bits per heavy atom. The Kier molecular flexibility index (Phi) is 4.10. The van der Waals surface area contributed by atoms with Gasteiger partial charge in [0, 0.05) is 6.54 Å². The first-order valence-electron chi connectivity index (χ1n) is 4.67. The van der Waals surface area contributed by atoms with Crippen molar-refractivity contribution in [2.24, 2.45) is 0 Å². The van der Waals surface area contributed by atoms with Gasteiger partial charge in [0.2, 0.25) is 0 Å². The van der Waals surface area contributed by atoms with E-state index in [4.69, 9.17) is 5.11 Å². The fourth-order valence-electron chi connectivity index (χ4n) is 1.13. The van der Waals surface area contributed by atoms with Crippen LogP contribution in [-0.2, 0) is 6.42 Å². The van der Waals surface area contributed by atoms with Crippen LogP contribution < -0.4 is 5.32 Å². The van der Waals surface area contributed by atoms with E-state index in [2.05, 4.69) is 5.32 Å². The maximum atomic E-state index is 11.6. The smallest absolute Gasteiger partial charge is 0.261 e. The summed E-state index contributed by atoms with van der Waals surface area (Å²) >= 11 is 1.44. The number of amides is 1. The van der Waals surface area contributed by atoms with Crippen molar-refractivity contribution in [1.29, 1.82) is 0 Å². The molecule has 0 aliphatic heterocycles. The van der Waals surface area contributed by atoms with E-state index in [0.717, 1.165) is 16.9 Å². The first-order chi connectivity index (χ1) is 6.65. The van der Waals surface area contributed by atoms with E-state index in [1.54, 1.807) is 6.92 Å². The van der Waals surface area contributed by atoms with E-state index < -0.39 is 6.10 Å². The van der Waals surface area contributed by atoms with Gasteiger partial charge in [0.25, 0.3) is 5.91 Å². The second-order valence-electron chi connectivity index (χ2n) is 3.19. The van der Waals surface area contributed by atoms with Crippen LogP contribution >= 0.6 is 11.3 Å². The molecule has 0 aliphatic rings. The SMILES string of the molecule is CCc1ccsc1C(=O)NC[C@@H](C)O. The van der Waals surface area contributed by atoms with Crippen LogP contribution in [0.4, 0.5) is 0 Å². The Hall–Kier alpha value is -0.870. The number of hydrogen-bond acceptors (Lipinski definition) is 3. The molecule has 0 unspecified atom stereocenters. The largest absolute Gasteiger partial charge is 0.392 e. The molecule has 0 aromatic carbocycles. The summed E-state index contributed by atoms with van der Waals surface area (Å²) in [5, 5.41) is 13.6. The maximum absolute atomic E-state index is 11.6. The number of aryl methyl sites for hydroxylation is 1. The molecule has 3 nitrogen and oxygen atoms in total. The highest BCUT2D eigenvalue weighted by atomic mass is 32.1. The summed E-state index contributed by atoms with van der Waals surface area (Å²) in [5.41, 5.74) is 1.07. The molecule has 0 saturated carbocycles.